The molecule has 1 aliphatic rings. The number of halogens is 1. The van der Waals surface area contributed by atoms with Gasteiger partial charge in [-0.25, -0.2) is 0 Å². The fourth-order valence-electron chi connectivity index (χ4n) is 3.43. The van der Waals surface area contributed by atoms with Crippen molar-refractivity contribution in [3.63, 3.8) is 0 Å². The first kappa shape index (κ1) is 14.1. The van der Waals surface area contributed by atoms with E-state index in [2.05, 4.69) is 58.8 Å². The van der Waals surface area contributed by atoms with Crippen molar-refractivity contribution in [2.45, 2.75) is 52.6 Å². The van der Waals surface area contributed by atoms with E-state index in [4.69, 9.17) is 0 Å². The minimum Gasteiger partial charge on any atom is -0.311 e. The summed E-state index contributed by atoms with van der Waals surface area (Å²) < 4.78 is 3.24. The molecule has 1 saturated carbocycles. The Morgan fingerprint density at radius 3 is 2.83 bits per heavy atom. The van der Waals surface area contributed by atoms with Gasteiger partial charge in [0.15, 0.2) is 0 Å². The number of hydrogen-bond acceptors (Lipinski definition) is 2. The highest BCUT2D eigenvalue weighted by Gasteiger charge is 2.41. The second kappa shape index (κ2) is 5.33. The number of aryl methyl sites for hydroxylation is 1. The number of nitrogens with zero attached hydrogens (tertiary/aromatic N) is 2. The summed E-state index contributed by atoms with van der Waals surface area (Å²) in [6.07, 6.45) is 5.90. The molecular formula is C14H24BrN3. The summed E-state index contributed by atoms with van der Waals surface area (Å²) in [5.74, 6) is 0.681. The van der Waals surface area contributed by atoms with Crippen LogP contribution in [0.4, 0.5) is 0 Å². The van der Waals surface area contributed by atoms with Crippen molar-refractivity contribution in [3.05, 3.63) is 16.4 Å². The summed E-state index contributed by atoms with van der Waals surface area (Å²) >= 11 is 3.66. The third kappa shape index (κ3) is 2.37. The SMILES string of the molecule is CCn1ncc(Br)c1C(NC)C1CCCC1(C)C. The summed E-state index contributed by atoms with van der Waals surface area (Å²) in [6.45, 7) is 7.87. The molecule has 1 aromatic heterocycles. The molecule has 1 aromatic rings. The minimum atomic E-state index is 0.388. The van der Waals surface area contributed by atoms with Gasteiger partial charge in [0, 0.05) is 6.54 Å². The lowest BCUT2D eigenvalue weighted by Gasteiger charge is -2.34. The Balaban J connectivity index is 2.36. The Labute approximate surface area is 118 Å². The van der Waals surface area contributed by atoms with Gasteiger partial charge in [-0.05, 0) is 54.1 Å². The van der Waals surface area contributed by atoms with Gasteiger partial charge in [0.25, 0.3) is 0 Å². The molecule has 3 nitrogen and oxygen atoms in total. The molecule has 0 saturated heterocycles. The molecule has 0 radical (unpaired) electrons. The topological polar surface area (TPSA) is 29.9 Å². The van der Waals surface area contributed by atoms with Gasteiger partial charge >= 0.3 is 0 Å². The van der Waals surface area contributed by atoms with Crippen molar-refractivity contribution in [2.24, 2.45) is 11.3 Å². The van der Waals surface area contributed by atoms with E-state index in [0.717, 1.165) is 11.0 Å². The van der Waals surface area contributed by atoms with Crippen LogP contribution in [0.2, 0.25) is 0 Å². The maximum absolute atomic E-state index is 4.45. The van der Waals surface area contributed by atoms with Crippen LogP contribution in [0.5, 0.6) is 0 Å². The predicted octanol–water partition coefficient (Wildman–Crippen LogP) is 3.75. The molecule has 102 valence electrons. The van der Waals surface area contributed by atoms with Crippen molar-refractivity contribution in [2.75, 3.05) is 7.05 Å². The summed E-state index contributed by atoms with van der Waals surface area (Å²) in [7, 11) is 2.07. The second-order valence-corrected chi connectivity index (χ2v) is 6.80. The summed E-state index contributed by atoms with van der Waals surface area (Å²) in [6, 6.07) is 0.388. The molecule has 0 spiro atoms. The lowest BCUT2D eigenvalue weighted by molar-refractivity contribution is 0.197. The Hall–Kier alpha value is -0.350. The van der Waals surface area contributed by atoms with Crippen molar-refractivity contribution < 1.29 is 0 Å². The van der Waals surface area contributed by atoms with E-state index in [1.807, 2.05) is 6.20 Å². The maximum atomic E-state index is 4.45. The van der Waals surface area contributed by atoms with Gasteiger partial charge in [0.2, 0.25) is 0 Å². The van der Waals surface area contributed by atoms with Crippen LogP contribution in [0.15, 0.2) is 10.7 Å². The molecule has 0 aliphatic heterocycles. The monoisotopic (exact) mass is 313 g/mol. The molecule has 0 aromatic carbocycles. The third-order valence-electron chi connectivity index (χ3n) is 4.48. The van der Waals surface area contributed by atoms with E-state index < -0.39 is 0 Å². The second-order valence-electron chi connectivity index (χ2n) is 5.95. The van der Waals surface area contributed by atoms with Gasteiger partial charge in [-0.2, -0.15) is 5.10 Å². The molecule has 0 bridgehead atoms. The van der Waals surface area contributed by atoms with E-state index >= 15 is 0 Å². The zero-order valence-electron chi connectivity index (χ0n) is 11.8. The van der Waals surface area contributed by atoms with Crippen molar-refractivity contribution in [3.8, 4) is 0 Å². The Morgan fingerprint density at radius 2 is 2.33 bits per heavy atom. The van der Waals surface area contributed by atoms with Gasteiger partial charge in [0.05, 0.1) is 22.4 Å². The molecule has 18 heavy (non-hydrogen) atoms. The molecule has 4 heteroatoms. The molecule has 1 N–H and O–H groups in total. The minimum absolute atomic E-state index is 0.388. The highest BCUT2D eigenvalue weighted by molar-refractivity contribution is 9.10. The molecule has 2 atom stereocenters. The third-order valence-corrected chi connectivity index (χ3v) is 5.09. The Kier molecular flexibility index (Phi) is 4.17. The van der Waals surface area contributed by atoms with E-state index in [-0.39, 0.29) is 0 Å². The van der Waals surface area contributed by atoms with Gasteiger partial charge < -0.3 is 5.32 Å². The first-order valence-electron chi connectivity index (χ1n) is 6.89. The van der Waals surface area contributed by atoms with Gasteiger partial charge in [-0.15, -0.1) is 0 Å². The quantitative estimate of drug-likeness (QED) is 0.917. The average Bonchev–Trinajstić information content (AvgIpc) is 2.85. The lowest BCUT2D eigenvalue weighted by atomic mass is 9.76. The highest BCUT2D eigenvalue weighted by Crippen LogP contribution is 2.49. The average molecular weight is 314 g/mol. The summed E-state index contributed by atoms with van der Waals surface area (Å²) in [4.78, 5) is 0. The summed E-state index contributed by atoms with van der Waals surface area (Å²) in [5.41, 5.74) is 1.72. The molecule has 2 rings (SSSR count). The van der Waals surface area contributed by atoms with Crippen LogP contribution >= 0.6 is 15.9 Å². The first-order chi connectivity index (χ1) is 8.51. The van der Waals surface area contributed by atoms with Gasteiger partial charge in [0.1, 0.15) is 0 Å². The van der Waals surface area contributed by atoms with Crippen molar-refractivity contribution >= 4 is 15.9 Å². The zero-order valence-corrected chi connectivity index (χ0v) is 13.4. The van der Waals surface area contributed by atoms with Crippen LogP contribution in [0, 0.1) is 11.3 Å². The molecular weight excluding hydrogens is 290 g/mol. The van der Waals surface area contributed by atoms with Crippen molar-refractivity contribution in [1.29, 1.82) is 0 Å². The smallest absolute Gasteiger partial charge is 0.0698 e. The molecule has 1 heterocycles. The zero-order chi connectivity index (χ0) is 13.3. The molecule has 0 amide bonds. The van der Waals surface area contributed by atoms with Crippen LogP contribution in [0.1, 0.15) is 51.8 Å². The number of hydrogen-bond donors (Lipinski definition) is 1. The largest absolute Gasteiger partial charge is 0.311 e. The first-order valence-corrected chi connectivity index (χ1v) is 7.69. The molecule has 1 fully saturated rings. The normalized spacial score (nSPS) is 24.4. The van der Waals surface area contributed by atoms with Crippen LogP contribution in [-0.2, 0) is 6.54 Å². The lowest BCUT2D eigenvalue weighted by Crippen LogP contribution is -2.33. The highest BCUT2D eigenvalue weighted by atomic mass is 79.9. The predicted molar refractivity (Wildman–Crippen MR) is 78.5 cm³/mol. The van der Waals surface area contributed by atoms with E-state index in [1.165, 1.54) is 25.0 Å². The number of rotatable bonds is 4. The van der Waals surface area contributed by atoms with E-state index in [0.29, 0.717) is 17.4 Å². The molecule has 2 unspecified atom stereocenters. The van der Waals surface area contributed by atoms with Gasteiger partial charge in [-0.1, -0.05) is 20.3 Å². The van der Waals surface area contributed by atoms with Gasteiger partial charge in [-0.3, -0.25) is 4.68 Å². The summed E-state index contributed by atoms with van der Waals surface area (Å²) in [5, 5.41) is 7.98. The number of aromatic nitrogens is 2. The maximum Gasteiger partial charge on any atom is 0.0698 e. The molecule has 1 aliphatic carbocycles. The van der Waals surface area contributed by atoms with Crippen LogP contribution in [-0.4, -0.2) is 16.8 Å². The van der Waals surface area contributed by atoms with E-state index in [9.17, 15) is 0 Å². The van der Waals surface area contributed by atoms with Crippen LogP contribution in [0.3, 0.4) is 0 Å². The standard InChI is InChI=1S/C14H24BrN3/c1-5-18-13(11(15)9-17-18)12(16-4)10-7-6-8-14(10,2)3/h9-10,12,16H,5-8H2,1-4H3. The van der Waals surface area contributed by atoms with Crippen molar-refractivity contribution in [1.82, 2.24) is 15.1 Å². The fourth-order valence-corrected chi connectivity index (χ4v) is 3.98. The van der Waals surface area contributed by atoms with Crippen LogP contribution < -0.4 is 5.32 Å². The Morgan fingerprint density at radius 1 is 1.61 bits per heavy atom. The Bertz CT molecular complexity index is 411. The van der Waals surface area contributed by atoms with Crippen LogP contribution in [0.25, 0.3) is 0 Å². The fraction of sp³-hybridized carbons (Fsp3) is 0.786. The van der Waals surface area contributed by atoms with E-state index in [1.54, 1.807) is 0 Å². The number of nitrogens with one attached hydrogen (secondary N) is 1.